The van der Waals surface area contributed by atoms with Crippen molar-refractivity contribution in [2.24, 2.45) is 0 Å². The van der Waals surface area contributed by atoms with Crippen molar-refractivity contribution in [3.63, 3.8) is 0 Å². The number of rotatable bonds is 0. The first-order valence-electron chi connectivity index (χ1n) is 4.21. The molecule has 24 heavy (non-hydrogen) atoms. The Morgan fingerprint density at radius 1 is 0.583 bits per heavy atom. The fraction of sp³-hybridized carbons (Fsp3) is 0.400. The molecule has 0 unspecified atom stereocenters. The minimum atomic E-state index is -0.833. The van der Waals surface area contributed by atoms with Gasteiger partial charge >= 0.3 is 59.1 Å². The Morgan fingerprint density at radius 3 is 0.583 bits per heavy atom. The van der Waals surface area contributed by atoms with Crippen molar-refractivity contribution in [2.75, 3.05) is 0 Å². The standard InChI is InChI=1S/4C2H4O2.C2H4.2H3N.2Na.2H2O.2H/c4*1-2(3)4;1-2;;;;;;;;/h4*1H3,(H,3,4);1-2H2;2*1H3;;;2*1H2;;/q;;;;;;;2*+1;;;2*-1. The third-order valence-electron chi connectivity index (χ3n) is 0. The Kier molecular flexibility index (Phi) is 250. The fourth-order valence-electron chi connectivity index (χ4n) is 0. The summed E-state index contributed by atoms with van der Waals surface area (Å²) >= 11 is 0. The van der Waals surface area contributed by atoms with Gasteiger partial charge in [-0.2, -0.15) is 0 Å². The number of carboxylic acid groups (broad SMARTS) is 4. The van der Waals surface area contributed by atoms with Gasteiger partial charge in [-0.15, -0.1) is 13.2 Å². The molecule has 0 rings (SSSR count). The van der Waals surface area contributed by atoms with Crippen molar-refractivity contribution in [3.05, 3.63) is 13.2 Å². The molecule has 12 nitrogen and oxygen atoms in total. The molecule has 0 aromatic carbocycles. The third kappa shape index (κ3) is 30800. The van der Waals surface area contributed by atoms with Crippen LogP contribution in [0.25, 0.3) is 0 Å². The van der Waals surface area contributed by atoms with Gasteiger partial charge in [-0.25, -0.2) is 0 Å². The molecule has 0 spiro atoms. The average Bonchev–Trinajstić information content (AvgIpc) is 2.01. The van der Waals surface area contributed by atoms with Crippen molar-refractivity contribution in [2.45, 2.75) is 27.7 Å². The number of hydrogen-bond donors (Lipinski definition) is 6. The largest absolute Gasteiger partial charge is 1.00 e. The SMILES string of the molecule is C=C.CC(=O)O.CC(=O)O.CC(=O)O.CC(=O)O.N.N.O.O.[H-].[H-].[Na+].[Na+]. The van der Waals surface area contributed by atoms with Crippen molar-refractivity contribution >= 4 is 23.9 Å². The smallest absolute Gasteiger partial charge is 1.00 e. The van der Waals surface area contributed by atoms with Crippen LogP contribution in [0, 0.1) is 0 Å². The second-order valence-corrected chi connectivity index (χ2v) is 2.08. The molecule has 0 aromatic heterocycles. The van der Waals surface area contributed by atoms with E-state index in [9.17, 15) is 0 Å². The van der Waals surface area contributed by atoms with Gasteiger partial charge in [0.25, 0.3) is 23.9 Å². The van der Waals surface area contributed by atoms with Crippen LogP contribution in [0.2, 0.25) is 0 Å². The minimum absolute atomic E-state index is 0. The zero-order valence-corrected chi connectivity index (χ0v) is 19.3. The molecule has 0 aromatic rings. The number of carboxylic acids is 4. The Labute approximate surface area is 188 Å². The predicted octanol–water partition coefficient (Wildman–Crippen LogP) is -5.93. The van der Waals surface area contributed by atoms with Gasteiger partial charge in [-0.1, -0.05) is 0 Å². The van der Waals surface area contributed by atoms with Crippen LogP contribution in [0.3, 0.4) is 0 Å². The van der Waals surface area contributed by atoms with Gasteiger partial charge in [0, 0.05) is 27.7 Å². The molecule has 0 fully saturated rings. The van der Waals surface area contributed by atoms with Crippen molar-refractivity contribution in [1.82, 2.24) is 12.3 Å². The van der Waals surface area contributed by atoms with Crippen LogP contribution in [0.15, 0.2) is 13.2 Å². The number of aliphatic carboxylic acids is 4. The van der Waals surface area contributed by atoms with E-state index in [0.29, 0.717) is 0 Å². The summed E-state index contributed by atoms with van der Waals surface area (Å²) in [5.41, 5.74) is 0. The average molecular weight is 386 g/mol. The van der Waals surface area contributed by atoms with E-state index in [-0.39, 0.29) is 85.2 Å². The Bertz CT molecular complexity index is 202. The van der Waals surface area contributed by atoms with E-state index >= 15 is 0 Å². The van der Waals surface area contributed by atoms with Crippen LogP contribution >= 0.6 is 0 Å². The molecule has 0 saturated heterocycles. The van der Waals surface area contributed by atoms with Crippen molar-refractivity contribution < 1.29 is 113 Å². The van der Waals surface area contributed by atoms with Crippen LogP contribution in [0.1, 0.15) is 30.5 Å². The van der Waals surface area contributed by atoms with Crippen LogP contribution in [0.5, 0.6) is 0 Å². The quantitative estimate of drug-likeness (QED) is 0.169. The topological polar surface area (TPSA) is 282 Å². The van der Waals surface area contributed by atoms with Gasteiger partial charge in [0.05, 0.1) is 0 Å². The van der Waals surface area contributed by atoms with E-state index in [1.165, 1.54) is 0 Å². The molecule has 0 bridgehead atoms. The zero-order valence-electron chi connectivity index (χ0n) is 17.3. The van der Waals surface area contributed by atoms with Gasteiger partial charge in [0.1, 0.15) is 0 Å². The molecule has 0 saturated carbocycles. The summed E-state index contributed by atoms with van der Waals surface area (Å²) in [4.78, 5) is 36.0. The van der Waals surface area contributed by atoms with Gasteiger partial charge in [0.15, 0.2) is 0 Å². The first-order valence-corrected chi connectivity index (χ1v) is 4.21. The molecule has 0 aliphatic heterocycles. The molecule has 0 amide bonds. The van der Waals surface area contributed by atoms with Gasteiger partial charge in [-0.3, -0.25) is 19.2 Å². The third-order valence-corrected chi connectivity index (χ3v) is 0. The summed E-state index contributed by atoms with van der Waals surface area (Å²) in [5.74, 6) is -3.33. The Balaban J connectivity index is -0.00000000694. The maximum Gasteiger partial charge on any atom is 1.00 e. The van der Waals surface area contributed by atoms with Crippen LogP contribution in [-0.2, 0) is 19.2 Å². The summed E-state index contributed by atoms with van der Waals surface area (Å²) in [5, 5.41) is 29.7. The monoisotopic (exact) mass is 386 g/mol. The van der Waals surface area contributed by atoms with Gasteiger partial charge in [0.2, 0.25) is 0 Å². The Morgan fingerprint density at radius 2 is 0.583 bits per heavy atom. The molecule has 0 aliphatic rings. The maximum absolute atomic E-state index is 9.00. The summed E-state index contributed by atoms with van der Waals surface area (Å²) in [6.07, 6.45) is 0. The first-order chi connectivity index (χ1) is 7.93. The van der Waals surface area contributed by atoms with Crippen molar-refractivity contribution in [3.8, 4) is 0 Å². The van der Waals surface area contributed by atoms with Crippen LogP contribution in [-0.4, -0.2) is 55.3 Å². The predicted molar refractivity (Wildman–Crippen MR) is 84.0 cm³/mol. The second-order valence-electron chi connectivity index (χ2n) is 2.08. The molecular formula is C10H32N2Na2O10. The molecule has 0 radical (unpaired) electrons. The second kappa shape index (κ2) is 78.8. The molecular weight excluding hydrogens is 354 g/mol. The van der Waals surface area contributed by atoms with Gasteiger partial charge in [-0.05, 0) is 0 Å². The number of hydrogen-bond acceptors (Lipinski definition) is 6. The maximum atomic E-state index is 9.00. The minimum Gasteiger partial charge on any atom is -1.00 e. The fourth-order valence-corrected chi connectivity index (χ4v) is 0. The van der Waals surface area contributed by atoms with E-state index in [0.717, 1.165) is 27.7 Å². The molecule has 0 heterocycles. The van der Waals surface area contributed by atoms with Crippen molar-refractivity contribution in [1.29, 1.82) is 0 Å². The van der Waals surface area contributed by atoms with Gasteiger partial charge < -0.3 is 46.5 Å². The Hall–Kier alpha value is -0.540. The molecule has 14 N–H and O–H groups in total. The van der Waals surface area contributed by atoms with E-state index < -0.39 is 23.9 Å². The van der Waals surface area contributed by atoms with E-state index in [2.05, 4.69) is 13.2 Å². The summed E-state index contributed by atoms with van der Waals surface area (Å²) < 4.78 is 0. The van der Waals surface area contributed by atoms with E-state index in [1.54, 1.807) is 0 Å². The molecule has 0 aliphatic carbocycles. The summed E-state index contributed by atoms with van der Waals surface area (Å²) in [7, 11) is 0. The van der Waals surface area contributed by atoms with E-state index in [4.69, 9.17) is 39.6 Å². The zero-order chi connectivity index (χ0) is 16.3. The van der Waals surface area contributed by atoms with E-state index in [1.807, 2.05) is 0 Å². The molecule has 0 atom stereocenters. The summed E-state index contributed by atoms with van der Waals surface area (Å²) in [6, 6.07) is 0. The first kappa shape index (κ1) is 76.2. The normalized spacial score (nSPS) is 4.33. The summed E-state index contributed by atoms with van der Waals surface area (Å²) in [6.45, 7) is 10.3. The van der Waals surface area contributed by atoms with Crippen LogP contribution in [0.4, 0.5) is 0 Å². The molecule has 14 heteroatoms. The van der Waals surface area contributed by atoms with Crippen LogP contribution < -0.4 is 71.4 Å². The molecule has 144 valence electrons. The number of carbonyl (C=O) groups is 4.